The predicted molar refractivity (Wildman–Crippen MR) is 71.9 cm³/mol. The van der Waals surface area contributed by atoms with Gasteiger partial charge >= 0.3 is 5.97 Å². The molecule has 1 atom stereocenters. The van der Waals surface area contributed by atoms with Crippen LogP contribution in [0, 0.1) is 0 Å². The first-order valence-corrected chi connectivity index (χ1v) is 6.63. The third-order valence-corrected chi connectivity index (χ3v) is 3.31. The zero-order valence-electron chi connectivity index (χ0n) is 11.6. The first-order valence-electron chi connectivity index (χ1n) is 6.63. The van der Waals surface area contributed by atoms with Gasteiger partial charge in [-0.3, -0.25) is 19.3 Å². The van der Waals surface area contributed by atoms with E-state index in [0.29, 0.717) is 19.6 Å². The molecule has 5 N–H and O–H groups in total. The van der Waals surface area contributed by atoms with E-state index in [4.69, 9.17) is 10.8 Å². The van der Waals surface area contributed by atoms with Crippen molar-refractivity contribution < 1.29 is 19.5 Å². The number of likely N-dealkylation sites (tertiary alicyclic amines) is 1. The standard InChI is InChI=1S/C12H22N4O4/c1-14-10(17)7-16-4-2-8(3-5-16)15-12(20)9(13)6-11(18)19/h8-9H,2-7,13H2,1H3,(H,14,17)(H,15,20)(H,18,19). The van der Waals surface area contributed by atoms with Crippen molar-refractivity contribution in [2.75, 3.05) is 26.7 Å². The number of amides is 2. The number of carbonyl (C=O) groups is 3. The maximum absolute atomic E-state index is 11.7. The van der Waals surface area contributed by atoms with Crippen molar-refractivity contribution in [1.82, 2.24) is 15.5 Å². The quantitative estimate of drug-likeness (QED) is 0.453. The number of rotatable bonds is 6. The lowest BCUT2D eigenvalue weighted by molar-refractivity contribution is -0.139. The van der Waals surface area contributed by atoms with Crippen LogP contribution < -0.4 is 16.4 Å². The van der Waals surface area contributed by atoms with E-state index in [-0.39, 0.29) is 18.4 Å². The van der Waals surface area contributed by atoms with Crippen molar-refractivity contribution in [3.05, 3.63) is 0 Å². The smallest absolute Gasteiger partial charge is 0.305 e. The number of carboxylic acids is 1. The van der Waals surface area contributed by atoms with Gasteiger partial charge in [0.2, 0.25) is 11.8 Å². The first-order chi connectivity index (χ1) is 9.42. The van der Waals surface area contributed by atoms with Crippen molar-refractivity contribution >= 4 is 17.8 Å². The Bertz CT molecular complexity index is 366. The molecule has 1 aliphatic rings. The van der Waals surface area contributed by atoms with Crippen LogP contribution in [-0.4, -0.2) is 66.6 Å². The van der Waals surface area contributed by atoms with Crippen LogP contribution in [0.25, 0.3) is 0 Å². The second kappa shape index (κ2) is 7.81. The highest BCUT2D eigenvalue weighted by molar-refractivity contribution is 5.86. The van der Waals surface area contributed by atoms with E-state index in [1.807, 2.05) is 4.90 Å². The fourth-order valence-corrected chi connectivity index (χ4v) is 2.11. The van der Waals surface area contributed by atoms with Crippen LogP contribution in [0.3, 0.4) is 0 Å². The van der Waals surface area contributed by atoms with Gasteiger partial charge in [-0.25, -0.2) is 0 Å². The van der Waals surface area contributed by atoms with Crippen molar-refractivity contribution in [1.29, 1.82) is 0 Å². The zero-order chi connectivity index (χ0) is 15.1. The van der Waals surface area contributed by atoms with Gasteiger partial charge < -0.3 is 21.5 Å². The van der Waals surface area contributed by atoms with E-state index in [1.54, 1.807) is 7.05 Å². The molecular weight excluding hydrogens is 264 g/mol. The second-order valence-corrected chi connectivity index (χ2v) is 4.94. The average molecular weight is 286 g/mol. The molecule has 0 bridgehead atoms. The van der Waals surface area contributed by atoms with Gasteiger partial charge in [0.25, 0.3) is 0 Å². The summed E-state index contributed by atoms with van der Waals surface area (Å²) in [6.45, 7) is 1.79. The molecule has 114 valence electrons. The molecule has 0 aromatic rings. The summed E-state index contributed by atoms with van der Waals surface area (Å²) < 4.78 is 0. The van der Waals surface area contributed by atoms with Crippen molar-refractivity contribution in [3.8, 4) is 0 Å². The molecule has 1 rings (SSSR count). The Morgan fingerprint density at radius 2 is 1.95 bits per heavy atom. The first kappa shape index (κ1) is 16.4. The number of nitrogens with zero attached hydrogens (tertiary/aromatic N) is 1. The average Bonchev–Trinajstić information content (AvgIpc) is 2.40. The number of carboxylic acid groups (broad SMARTS) is 1. The third kappa shape index (κ3) is 5.54. The normalized spacial score (nSPS) is 18.3. The topological polar surface area (TPSA) is 125 Å². The lowest BCUT2D eigenvalue weighted by atomic mass is 10.0. The molecular formula is C12H22N4O4. The number of nitrogens with one attached hydrogen (secondary N) is 2. The van der Waals surface area contributed by atoms with Crippen LogP contribution >= 0.6 is 0 Å². The number of hydrogen-bond donors (Lipinski definition) is 4. The number of carbonyl (C=O) groups excluding carboxylic acids is 2. The number of likely N-dealkylation sites (N-methyl/N-ethyl adjacent to an activating group) is 1. The summed E-state index contributed by atoms with van der Waals surface area (Å²) in [6.07, 6.45) is 1.08. The maximum atomic E-state index is 11.7. The van der Waals surface area contributed by atoms with Crippen LogP contribution in [-0.2, 0) is 14.4 Å². The molecule has 20 heavy (non-hydrogen) atoms. The Labute approximate surface area is 117 Å². The number of aliphatic carboxylic acids is 1. The van der Waals surface area contributed by atoms with Gasteiger partial charge in [0, 0.05) is 26.2 Å². The molecule has 0 aromatic carbocycles. The molecule has 0 spiro atoms. The molecule has 0 saturated carbocycles. The second-order valence-electron chi connectivity index (χ2n) is 4.94. The Hall–Kier alpha value is -1.67. The Kier molecular flexibility index (Phi) is 6.40. The molecule has 1 fully saturated rings. The number of piperidine rings is 1. The summed E-state index contributed by atoms with van der Waals surface area (Å²) in [5.74, 6) is -1.55. The summed E-state index contributed by atoms with van der Waals surface area (Å²) in [4.78, 5) is 35.4. The van der Waals surface area contributed by atoms with Crippen molar-refractivity contribution in [2.24, 2.45) is 5.73 Å². The van der Waals surface area contributed by atoms with Gasteiger partial charge in [-0.1, -0.05) is 0 Å². The van der Waals surface area contributed by atoms with Gasteiger partial charge in [-0.2, -0.15) is 0 Å². The van der Waals surface area contributed by atoms with Gasteiger partial charge in [-0.15, -0.1) is 0 Å². The van der Waals surface area contributed by atoms with Crippen molar-refractivity contribution in [3.63, 3.8) is 0 Å². The SMILES string of the molecule is CNC(=O)CN1CCC(NC(=O)C(N)CC(=O)O)CC1. The summed E-state index contributed by atoms with van der Waals surface area (Å²) >= 11 is 0. The van der Waals surface area contributed by atoms with E-state index < -0.39 is 17.9 Å². The van der Waals surface area contributed by atoms with E-state index in [2.05, 4.69) is 10.6 Å². The van der Waals surface area contributed by atoms with Crippen LogP contribution in [0.4, 0.5) is 0 Å². The highest BCUT2D eigenvalue weighted by Gasteiger charge is 2.24. The molecule has 1 unspecified atom stereocenters. The number of hydrogen-bond acceptors (Lipinski definition) is 5. The van der Waals surface area contributed by atoms with Gasteiger partial charge in [0.15, 0.2) is 0 Å². The largest absolute Gasteiger partial charge is 0.481 e. The van der Waals surface area contributed by atoms with E-state index >= 15 is 0 Å². The molecule has 0 aliphatic carbocycles. The minimum absolute atomic E-state index is 0.0108. The van der Waals surface area contributed by atoms with Crippen LogP contribution in [0.5, 0.6) is 0 Å². The van der Waals surface area contributed by atoms with Crippen LogP contribution in [0.2, 0.25) is 0 Å². The molecule has 2 amide bonds. The molecule has 0 aromatic heterocycles. The minimum Gasteiger partial charge on any atom is -0.481 e. The highest BCUT2D eigenvalue weighted by Crippen LogP contribution is 2.10. The van der Waals surface area contributed by atoms with Crippen molar-refractivity contribution in [2.45, 2.75) is 31.3 Å². The van der Waals surface area contributed by atoms with Crippen LogP contribution in [0.15, 0.2) is 0 Å². The minimum atomic E-state index is -1.09. The van der Waals surface area contributed by atoms with Crippen LogP contribution in [0.1, 0.15) is 19.3 Å². The predicted octanol–water partition coefficient (Wildman–Crippen LogP) is -1.88. The zero-order valence-corrected chi connectivity index (χ0v) is 11.6. The third-order valence-electron chi connectivity index (χ3n) is 3.31. The summed E-state index contributed by atoms with van der Waals surface area (Å²) in [6, 6.07) is -1.03. The Morgan fingerprint density at radius 3 is 2.45 bits per heavy atom. The van der Waals surface area contributed by atoms with E-state index in [1.165, 1.54) is 0 Å². The summed E-state index contributed by atoms with van der Waals surface area (Å²) in [5, 5.41) is 13.9. The Morgan fingerprint density at radius 1 is 1.35 bits per heavy atom. The lowest BCUT2D eigenvalue weighted by Crippen LogP contribution is -2.51. The molecule has 1 aliphatic heterocycles. The fraction of sp³-hybridized carbons (Fsp3) is 0.750. The summed E-state index contributed by atoms with van der Waals surface area (Å²) in [5.41, 5.74) is 5.49. The Balaban J connectivity index is 2.30. The molecule has 8 nitrogen and oxygen atoms in total. The lowest BCUT2D eigenvalue weighted by Gasteiger charge is -2.32. The fourth-order valence-electron chi connectivity index (χ4n) is 2.11. The monoisotopic (exact) mass is 286 g/mol. The molecule has 0 radical (unpaired) electrons. The van der Waals surface area contributed by atoms with E-state index in [9.17, 15) is 14.4 Å². The van der Waals surface area contributed by atoms with E-state index in [0.717, 1.165) is 12.8 Å². The molecule has 8 heteroatoms. The number of nitrogens with two attached hydrogens (primary N) is 1. The molecule has 1 saturated heterocycles. The van der Waals surface area contributed by atoms with Gasteiger partial charge in [0.05, 0.1) is 19.0 Å². The van der Waals surface area contributed by atoms with Gasteiger partial charge in [-0.05, 0) is 12.8 Å². The highest BCUT2D eigenvalue weighted by atomic mass is 16.4. The summed E-state index contributed by atoms with van der Waals surface area (Å²) in [7, 11) is 1.60. The molecule has 1 heterocycles. The van der Waals surface area contributed by atoms with Gasteiger partial charge in [0.1, 0.15) is 0 Å². The maximum Gasteiger partial charge on any atom is 0.305 e.